The molecular formula is C10H13N3O2. The summed E-state index contributed by atoms with van der Waals surface area (Å²) in [6.07, 6.45) is 3.62. The van der Waals surface area contributed by atoms with Crippen molar-refractivity contribution in [3.63, 3.8) is 0 Å². The van der Waals surface area contributed by atoms with Crippen molar-refractivity contribution in [1.29, 1.82) is 0 Å². The van der Waals surface area contributed by atoms with Crippen LogP contribution in [-0.2, 0) is 0 Å². The average Bonchev–Trinajstić information content (AvgIpc) is 2.15. The van der Waals surface area contributed by atoms with Crippen LogP contribution < -0.4 is 4.90 Å². The Labute approximate surface area is 87.7 Å². The van der Waals surface area contributed by atoms with Crippen LogP contribution in [0.25, 0.3) is 0 Å². The molecule has 0 spiro atoms. The smallest absolute Gasteiger partial charge is 0.356 e. The largest absolute Gasteiger partial charge is 0.476 e. The monoisotopic (exact) mass is 207 g/mol. The van der Waals surface area contributed by atoms with E-state index in [4.69, 9.17) is 5.11 Å². The minimum Gasteiger partial charge on any atom is -0.476 e. The Bertz CT molecular complexity index is 359. The van der Waals surface area contributed by atoms with E-state index in [1.807, 2.05) is 7.05 Å². The molecule has 5 heteroatoms. The molecule has 1 heterocycles. The fourth-order valence-corrected chi connectivity index (χ4v) is 1.59. The highest BCUT2D eigenvalue weighted by Gasteiger charge is 2.23. The van der Waals surface area contributed by atoms with Gasteiger partial charge in [-0.15, -0.1) is 10.2 Å². The molecule has 0 saturated heterocycles. The average molecular weight is 207 g/mol. The third kappa shape index (κ3) is 1.91. The number of aromatic nitrogens is 2. The highest BCUT2D eigenvalue weighted by molar-refractivity contribution is 5.85. The Morgan fingerprint density at radius 1 is 1.47 bits per heavy atom. The highest BCUT2D eigenvalue weighted by Crippen LogP contribution is 2.26. The van der Waals surface area contributed by atoms with Crippen LogP contribution in [0.1, 0.15) is 29.8 Å². The molecule has 0 unspecified atom stereocenters. The van der Waals surface area contributed by atoms with E-state index in [2.05, 4.69) is 15.1 Å². The second-order valence-corrected chi connectivity index (χ2v) is 3.78. The molecule has 1 saturated carbocycles. The van der Waals surface area contributed by atoms with E-state index in [9.17, 15) is 4.79 Å². The maximum absolute atomic E-state index is 10.6. The molecule has 0 radical (unpaired) electrons. The van der Waals surface area contributed by atoms with E-state index < -0.39 is 5.97 Å². The number of aromatic carboxylic acids is 1. The standard InChI is InChI=1S/C10H13N3O2/c1-13(7-3-2-4-7)9-6-5-8(10(14)15)11-12-9/h5-7H,2-4H2,1H3,(H,14,15). The van der Waals surface area contributed by atoms with Crippen molar-refractivity contribution in [2.75, 3.05) is 11.9 Å². The summed E-state index contributed by atoms with van der Waals surface area (Å²) in [5.41, 5.74) is -0.0132. The molecule has 1 N–H and O–H groups in total. The van der Waals surface area contributed by atoms with Crippen LogP contribution in [0.15, 0.2) is 12.1 Å². The zero-order valence-corrected chi connectivity index (χ0v) is 8.55. The van der Waals surface area contributed by atoms with Crippen LogP contribution in [0.4, 0.5) is 5.82 Å². The number of rotatable bonds is 3. The third-order valence-corrected chi connectivity index (χ3v) is 2.85. The first kappa shape index (κ1) is 9.89. The molecule has 1 aromatic heterocycles. The fourth-order valence-electron chi connectivity index (χ4n) is 1.59. The molecule has 0 amide bonds. The second-order valence-electron chi connectivity index (χ2n) is 3.78. The van der Waals surface area contributed by atoms with Gasteiger partial charge in [0.05, 0.1) is 0 Å². The molecule has 1 fully saturated rings. The van der Waals surface area contributed by atoms with E-state index in [-0.39, 0.29) is 5.69 Å². The number of nitrogens with zero attached hydrogens (tertiary/aromatic N) is 3. The van der Waals surface area contributed by atoms with Crippen molar-refractivity contribution < 1.29 is 9.90 Å². The highest BCUT2D eigenvalue weighted by atomic mass is 16.4. The van der Waals surface area contributed by atoms with Gasteiger partial charge in [0, 0.05) is 13.1 Å². The first-order valence-corrected chi connectivity index (χ1v) is 4.98. The van der Waals surface area contributed by atoms with Crippen LogP contribution in [0.2, 0.25) is 0 Å². The van der Waals surface area contributed by atoms with Crippen LogP contribution in [0.5, 0.6) is 0 Å². The van der Waals surface area contributed by atoms with Gasteiger partial charge in [-0.2, -0.15) is 0 Å². The predicted molar refractivity (Wildman–Crippen MR) is 55.0 cm³/mol. The van der Waals surface area contributed by atoms with Gasteiger partial charge in [0.1, 0.15) is 0 Å². The van der Waals surface area contributed by atoms with Crippen LogP contribution >= 0.6 is 0 Å². The molecule has 5 nitrogen and oxygen atoms in total. The molecule has 0 atom stereocenters. The van der Waals surface area contributed by atoms with Gasteiger partial charge in [0.2, 0.25) is 0 Å². The third-order valence-electron chi connectivity index (χ3n) is 2.85. The zero-order chi connectivity index (χ0) is 10.8. The Morgan fingerprint density at radius 3 is 2.60 bits per heavy atom. The quantitative estimate of drug-likeness (QED) is 0.805. The molecule has 1 aromatic rings. The van der Waals surface area contributed by atoms with Gasteiger partial charge in [-0.3, -0.25) is 0 Å². The maximum Gasteiger partial charge on any atom is 0.356 e. The molecule has 0 bridgehead atoms. The lowest BCUT2D eigenvalue weighted by molar-refractivity contribution is 0.0689. The van der Waals surface area contributed by atoms with Crippen molar-refractivity contribution in [1.82, 2.24) is 10.2 Å². The molecular weight excluding hydrogens is 194 g/mol. The van der Waals surface area contributed by atoms with E-state index in [0.29, 0.717) is 6.04 Å². The van der Waals surface area contributed by atoms with Gasteiger partial charge in [0.25, 0.3) is 0 Å². The maximum atomic E-state index is 10.6. The lowest BCUT2D eigenvalue weighted by Crippen LogP contribution is -2.37. The lowest BCUT2D eigenvalue weighted by Gasteiger charge is -2.35. The minimum absolute atomic E-state index is 0.0132. The summed E-state index contributed by atoms with van der Waals surface area (Å²) >= 11 is 0. The number of carboxylic acid groups (broad SMARTS) is 1. The van der Waals surface area contributed by atoms with Crippen LogP contribution in [-0.4, -0.2) is 34.4 Å². The lowest BCUT2D eigenvalue weighted by atomic mass is 9.92. The summed E-state index contributed by atoms with van der Waals surface area (Å²) in [6.45, 7) is 0. The predicted octanol–water partition coefficient (Wildman–Crippen LogP) is 1.16. The molecule has 1 aliphatic rings. The normalized spacial score (nSPS) is 15.8. The van der Waals surface area contributed by atoms with Gasteiger partial charge in [-0.25, -0.2) is 4.79 Å². The molecule has 2 rings (SSSR count). The van der Waals surface area contributed by atoms with Gasteiger partial charge in [-0.05, 0) is 31.4 Å². The van der Waals surface area contributed by atoms with E-state index >= 15 is 0 Å². The number of anilines is 1. The van der Waals surface area contributed by atoms with Crippen molar-refractivity contribution in [3.05, 3.63) is 17.8 Å². The number of hydrogen-bond acceptors (Lipinski definition) is 4. The molecule has 80 valence electrons. The first-order valence-electron chi connectivity index (χ1n) is 4.98. The summed E-state index contributed by atoms with van der Waals surface area (Å²) in [5, 5.41) is 16.2. The van der Waals surface area contributed by atoms with E-state index in [1.165, 1.54) is 25.3 Å². The summed E-state index contributed by atoms with van der Waals surface area (Å²) in [7, 11) is 1.97. The summed E-state index contributed by atoms with van der Waals surface area (Å²) in [5.74, 6) is -0.301. The Kier molecular flexibility index (Phi) is 2.53. The molecule has 1 aliphatic carbocycles. The zero-order valence-electron chi connectivity index (χ0n) is 8.55. The van der Waals surface area contributed by atoms with Crippen molar-refractivity contribution in [2.45, 2.75) is 25.3 Å². The minimum atomic E-state index is -1.04. The number of hydrogen-bond donors (Lipinski definition) is 1. The Balaban J connectivity index is 2.11. The SMILES string of the molecule is CN(c1ccc(C(=O)O)nn1)C1CCC1. The summed E-state index contributed by atoms with van der Waals surface area (Å²) < 4.78 is 0. The van der Waals surface area contributed by atoms with Crippen LogP contribution in [0, 0.1) is 0 Å². The van der Waals surface area contributed by atoms with Crippen LogP contribution in [0.3, 0.4) is 0 Å². The Hall–Kier alpha value is -1.65. The van der Waals surface area contributed by atoms with E-state index in [0.717, 1.165) is 5.82 Å². The molecule has 0 aliphatic heterocycles. The van der Waals surface area contributed by atoms with Gasteiger partial charge in [0.15, 0.2) is 11.5 Å². The van der Waals surface area contributed by atoms with E-state index in [1.54, 1.807) is 6.07 Å². The van der Waals surface area contributed by atoms with Crippen molar-refractivity contribution >= 4 is 11.8 Å². The van der Waals surface area contributed by atoms with Crippen molar-refractivity contribution in [3.8, 4) is 0 Å². The topological polar surface area (TPSA) is 66.3 Å². The van der Waals surface area contributed by atoms with Gasteiger partial charge >= 0.3 is 5.97 Å². The second kappa shape index (κ2) is 3.84. The first-order chi connectivity index (χ1) is 7.18. The molecule has 0 aromatic carbocycles. The fraction of sp³-hybridized carbons (Fsp3) is 0.500. The summed E-state index contributed by atoms with van der Waals surface area (Å²) in [6, 6.07) is 3.73. The van der Waals surface area contributed by atoms with Crippen molar-refractivity contribution in [2.24, 2.45) is 0 Å². The summed E-state index contributed by atoms with van der Waals surface area (Å²) in [4.78, 5) is 12.6. The van der Waals surface area contributed by atoms with Gasteiger partial charge < -0.3 is 10.0 Å². The number of carboxylic acids is 1. The number of carbonyl (C=O) groups is 1. The van der Waals surface area contributed by atoms with Gasteiger partial charge in [-0.1, -0.05) is 0 Å². The molecule has 15 heavy (non-hydrogen) atoms. The Morgan fingerprint density at radius 2 is 2.20 bits per heavy atom.